The highest BCUT2D eigenvalue weighted by molar-refractivity contribution is 5.97. The van der Waals surface area contributed by atoms with E-state index in [1.165, 1.54) is 12.1 Å². The van der Waals surface area contributed by atoms with Gasteiger partial charge < -0.3 is 19.6 Å². The van der Waals surface area contributed by atoms with Gasteiger partial charge in [-0.3, -0.25) is 14.4 Å². The molecule has 0 bridgehead atoms. The molecule has 0 radical (unpaired) electrons. The van der Waals surface area contributed by atoms with E-state index in [0.717, 1.165) is 23.4 Å². The number of hydrogen-bond acceptors (Lipinski definition) is 4. The number of carbonyl (C=O) groups excluding carboxylic acids is 3. The van der Waals surface area contributed by atoms with Crippen LogP contribution in [0.15, 0.2) is 84.9 Å². The van der Waals surface area contributed by atoms with Gasteiger partial charge in [0.25, 0.3) is 11.8 Å². The first-order valence-electron chi connectivity index (χ1n) is 13.4. The zero-order valence-corrected chi connectivity index (χ0v) is 22.7. The molecule has 10 heteroatoms. The normalized spacial score (nSPS) is 16.8. The summed E-state index contributed by atoms with van der Waals surface area (Å²) < 4.78 is 38.9. The van der Waals surface area contributed by atoms with Crippen molar-refractivity contribution >= 4 is 23.4 Å². The van der Waals surface area contributed by atoms with Crippen molar-refractivity contribution in [3.63, 3.8) is 0 Å². The third kappa shape index (κ3) is 5.77. The van der Waals surface area contributed by atoms with Crippen molar-refractivity contribution in [2.75, 3.05) is 38.3 Å². The van der Waals surface area contributed by atoms with Crippen molar-refractivity contribution in [3.05, 3.63) is 102 Å². The molecule has 2 aliphatic heterocycles. The average Bonchev–Trinajstić information content (AvgIpc) is 3.24. The van der Waals surface area contributed by atoms with Crippen molar-refractivity contribution in [1.29, 1.82) is 0 Å². The second kappa shape index (κ2) is 11.3. The number of nitrogens with zero attached hydrogens (tertiary/aromatic N) is 4. The van der Waals surface area contributed by atoms with Crippen LogP contribution in [0.3, 0.4) is 0 Å². The largest absolute Gasteiger partial charge is 0.416 e. The standard InChI is InChI=1S/C31H31F3N4O3/c1-35(20-23-8-4-2-5-9-23)27(39)21-37-22-38(26-10-6-3-7-11-26)30(29(37)41)16-18-36(19-17-30)28(40)24-12-14-25(15-13-24)31(32,33)34/h2-15H,16-22H2,1H3. The number of piperidine rings is 1. The maximum absolute atomic E-state index is 14.0. The highest BCUT2D eigenvalue weighted by Gasteiger charge is 2.54. The summed E-state index contributed by atoms with van der Waals surface area (Å²) in [6, 6.07) is 23.3. The summed E-state index contributed by atoms with van der Waals surface area (Å²) in [4.78, 5) is 47.0. The Hall–Kier alpha value is -4.34. The van der Waals surface area contributed by atoms with E-state index in [-0.39, 0.29) is 49.6 Å². The van der Waals surface area contributed by atoms with Crippen molar-refractivity contribution in [1.82, 2.24) is 14.7 Å². The maximum Gasteiger partial charge on any atom is 0.416 e. The molecule has 0 aromatic heterocycles. The Bertz CT molecular complexity index is 1390. The molecule has 2 heterocycles. The number of para-hydroxylation sites is 1. The molecule has 3 aromatic carbocycles. The molecule has 2 aliphatic rings. The van der Waals surface area contributed by atoms with Crippen LogP contribution >= 0.6 is 0 Å². The van der Waals surface area contributed by atoms with Gasteiger partial charge in [0.1, 0.15) is 12.1 Å². The summed E-state index contributed by atoms with van der Waals surface area (Å²) in [6.45, 7) is 1.10. The van der Waals surface area contributed by atoms with Crippen LogP contribution in [0.2, 0.25) is 0 Å². The molecule has 0 atom stereocenters. The summed E-state index contributed by atoms with van der Waals surface area (Å²) in [6.07, 6.45) is -3.82. The van der Waals surface area contributed by atoms with Gasteiger partial charge in [0.05, 0.1) is 12.2 Å². The molecular weight excluding hydrogens is 533 g/mol. The fourth-order valence-electron chi connectivity index (χ4n) is 5.62. The molecule has 0 N–H and O–H groups in total. The Morgan fingerprint density at radius 3 is 2.05 bits per heavy atom. The molecule has 2 saturated heterocycles. The second-order valence-electron chi connectivity index (χ2n) is 10.5. The van der Waals surface area contributed by atoms with Crippen LogP contribution in [0.1, 0.15) is 34.3 Å². The summed E-state index contributed by atoms with van der Waals surface area (Å²) in [5.74, 6) is -0.716. The van der Waals surface area contributed by atoms with E-state index in [1.54, 1.807) is 21.7 Å². The molecule has 2 fully saturated rings. The van der Waals surface area contributed by atoms with E-state index >= 15 is 0 Å². The van der Waals surface area contributed by atoms with Crippen LogP contribution in [-0.4, -0.2) is 71.3 Å². The highest BCUT2D eigenvalue weighted by atomic mass is 19.4. The molecule has 1 spiro atoms. The van der Waals surface area contributed by atoms with Crippen molar-refractivity contribution in [2.24, 2.45) is 0 Å². The zero-order valence-electron chi connectivity index (χ0n) is 22.7. The first-order chi connectivity index (χ1) is 19.6. The first kappa shape index (κ1) is 28.2. The minimum Gasteiger partial charge on any atom is -0.340 e. The van der Waals surface area contributed by atoms with E-state index in [2.05, 4.69) is 0 Å². The highest BCUT2D eigenvalue weighted by Crippen LogP contribution is 2.40. The third-order valence-electron chi connectivity index (χ3n) is 7.93. The number of halogens is 3. The van der Waals surface area contributed by atoms with Crippen LogP contribution in [0, 0.1) is 0 Å². The predicted molar refractivity (Wildman–Crippen MR) is 148 cm³/mol. The van der Waals surface area contributed by atoms with E-state index < -0.39 is 17.3 Å². The Balaban J connectivity index is 1.31. The fraction of sp³-hybridized carbons (Fsp3) is 0.323. The molecule has 41 heavy (non-hydrogen) atoms. The van der Waals surface area contributed by atoms with Gasteiger partial charge in [0.15, 0.2) is 0 Å². The molecular formula is C31H31F3N4O3. The lowest BCUT2D eigenvalue weighted by molar-refractivity contribution is -0.140. The van der Waals surface area contributed by atoms with E-state index in [9.17, 15) is 27.6 Å². The van der Waals surface area contributed by atoms with Crippen LogP contribution in [0.25, 0.3) is 0 Å². The maximum atomic E-state index is 14.0. The number of hydrogen-bond donors (Lipinski definition) is 0. The summed E-state index contributed by atoms with van der Waals surface area (Å²) in [7, 11) is 1.71. The van der Waals surface area contributed by atoms with Gasteiger partial charge in [-0.15, -0.1) is 0 Å². The average molecular weight is 565 g/mol. The molecule has 214 valence electrons. The second-order valence-corrected chi connectivity index (χ2v) is 10.5. The van der Waals surface area contributed by atoms with Crippen LogP contribution in [0.5, 0.6) is 0 Å². The number of anilines is 1. The zero-order chi connectivity index (χ0) is 29.2. The summed E-state index contributed by atoms with van der Waals surface area (Å²) in [5.41, 5.74) is 0.252. The minimum absolute atomic E-state index is 0.0680. The minimum atomic E-state index is -4.48. The van der Waals surface area contributed by atoms with Crippen LogP contribution in [0.4, 0.5) is 18.9 Å². The smallest absolute Gasteiger partial charge is 0.340 e. The summed E-state index contributed by atoms with van der Waals surface area (Å²) in [5, 5.41) is 0. The lowest BCUT2D eigenvalue weighted by atomic mass is 9.85. The topological polar surface area (TPSA) is 64.2 Å². The first-order valence-corrected chi connectivity index (χ1v) is 13.4. The van der Waals surface area contributed by atoms with Crippen molar-refractivity contribution in [3.8, 4) is 0 Å². The number of likely N-dealkylation sites (tertiary alicyclic amines) is 1. The van der Waals surface area contributed by atoms with Crippen LogP contribution in [-0.2, 0) is 22.3 Å². The number of amides is 3. The molecule has 0 saturated carbocycles. The molecule has 3 aromatic rings. The monoisotopic (exact) mass is 564 g/mol. The molecule has 7 nitrogen and oxygen atoms in total. The lowest BCUT2D eigenvalue weighted by Gasteiger charge is -2.43. The fourth-order valence-corrected chi connectivity index (χ4v) is 5.62. The molecule has 0 aliphatic carbocycles. The Morgan fingerprint density at radius 2 is 1.46 bits per heavy atom. The van der Waals surface area contributed by atoms with E-state index in [4.69, 9.17) is 0 Å². The third-order valence-corrected chi connectivity index (χ3v) is 7.93. The Morgan fingerprint density at radius 1 is 0.878 bits per heavy atom. The Kier molecular flexibility index (Phi) is 7.75. The van der Waals surface area contributed by atoms with Gasteiger partial charge in [-0.25, -0.2) is 0 Å². The number of carbonyl (C=O) groups is 3. The van der Waals surface area contributed by atoms with Gasteiger partial charge >= 0.3 is 6.18 Å². The van der Waals surface area contributed by atoms with Gasteiger partial charge in [-0.1, -0.05) is 48.5 Å². The van der Waals surface area contributed by atoms with Gasteiger partial charge in [0.2, 0.25) is 5.91 Å². The van der Waals surface area contributed by atoms with Crippen molar-refractivity contribution < 1.29 is 27.6 Å². The Labute approximate surface area is 236 Å². The summed E-state index contributed by atoms with van der Waals surface area (Å²) >= 11 is 0. The molecule has 5 rings (SSSR count). The van der Waals surface area contributed by atoms with E-state index in [0.29, 0.717) is 19.4 Å². The van der Waals surface area contributed by atoms with E-state index in [1.807, 2.05) is 65.6 Å². The molecule has 3 amide bonds. The number of rotatable bonds is 6. The van der Waals surface area contributed by atoms with Crippen molar-refractivity contribution in [2.45, 2.75) is 31.1 Å². The number of benzene rings is 3. The number of likely N-dealkylation sites (N-methyl/N-ethyl adjacent to an activating group) is 1. The molecule has 0 unspecified atom stereocenters. The van der Waals surface area contributed by atoms with Gasteiger partial charge in [-0.05, 0) is 54.8 Å². The van der Waals surface area contributed by atoms with Crippen LogP contribution < -0.4 is 4.90 Å². The van der Waals surface area contributed by atoms with Gasteiger partial charge in [-0.2, -0.15) is 13.2 Å². The predicted octanol–water partition coefficient (Wildman–Crippen LogP) is 4.65. The lowest BCUT2D eigenvalue weighted by Crippen LogP contribution is -2.57. The van der Waals surface area contributed by atoms with Gasteiger partial charge in [0, 0.05) is 37.9 Å². The number of alkyl halides is 3. The quantitative estimate of drug-likeness (QED) is 0.438. The SMILES string of the molecule is CN(Cc1ccccc1)C(=O)CN1CN(c2ccccc2)C2(CCN(C(=O)c3ccc(C(F)(F)F)cc3)CC2)C1=O.